The van der Waals surface area contributed by atoms with Crippen LogP contribution >= 0.6 is 0 Å². The highest BCUT2D eigenvalue weighted by Gasteiger charge is 2.11. The largest absolute Gasteiger partial charge is 0.377 e. The first-order valence-corrected chi connectivity index (χ1v) is 4.19. The van der Waals surface area contributed by atoms with Gasteiger partial charge in [0.05, 0.1) is 38.5 Å². The van der Waals surface area contributed by atoms with E-state index in [1.54, 1.807) is 0 Å². The van der Waals surface area contributed by atoms with Crippen molar-refractivity contribution in [1.82, 2.24) is 5.32 Å². The molecule has 0 bridgehead atoms. The third-order valence-corrected chi connectivity index (χ3v) is 1.68. The molecule has 1 rings (SSSR count). The van der Waals surface area contributed by atoms with Gasteiger partial charge in [0.1, 0.15) is 0 Å². The minimum Gasteiger partial charge on any atom is -0.377 e. The molecule has 0 aromatic rings. The Balaban J connectivity index is 2.08. The van der Waals surface area contributed by atoms with Crippen molar-refractivity contribution in [3.63, 3.8) is 0 Å². The van der Waals surface area contributed by atoms with Crippen molar-refractivity contribution in [2.24, 2.45) is 0 Å². The second-order valence-electron chi connectivity index (χ2n) is 2.71. The summed E-state index contributed by atoms with van der Waals surface area (Å²) in [6.07, 6.45) is 0.538. The smallest absolute Gasteiger partial charge is 0.0701 e. The lowest BCUT2D eigenvalue weighted by molar-refractivity contribution is 0.103. The van der Waals surface area contributed by atoms with Gasteiger partial charge in [0.25, 0.3) is 0 Å². The molecule has 0 amide bonds. The predicted molar refractivity (Wildman–Crippen MR) is 43.7 cm³/mol. The number of ether oxygens (including phenoxy) is 2. The normalized spacial score (nSPS) is 19.9. The molecule has 68 valence electrons. The molecule has 0 radical (unpaired) electrons. The van der Waals surface area contributed by atoms with E-state index >= 15 is 0 Å². The summed E-state index contributed by atoms with van der Waals surface area (Å²) in [7, 11) is 0. The fourth-order valence-electron chi connectivity index (χ4n) is 1.07. The van der Waals surface area contributed by atoms with E-state index in [0.717, 1.165) is 0 Å². The van der Waals surface area contributed by atoms with Crippen LogP contribution < -0.4 is 5.32 Å². The molecule has 0 aromatic heterocycles. The van der Waals surface area contributed by atoms with E-state index in [4.69, 9.17) is 14.7 Å². The summed E-state index contributed by atoms with van der Waals surface area (Å²) in [5.41, 5.74) is 0. The van der Waals surface area contributed by atoms with E-state index < -0.39 is 0 Å². The van der Waals surface area contributed by atoms with E-state index in [-0.39, 0.29) is 6.04 Å². The van der Waals surface area contributed by atoms with Gasteiger partial charge in [-0.25, -0.2) is 0 Å². The first-order valence-electron chi connectivity index (χ1n) is 4.19. The molecule has 0 saturated carbocycles. The van der Waals surface area contributed by atoms with Crippen LogP contribution in [0.4, 0.5) is 0 Å². The predicted octanol–water partition coefficient (Wildman–Crippen LogP) is -0.0949. The molecule has 1 N–H and O–H groups in total. The molecule has 4 nitrogen and oxygen atoms in total. The summed E-state index contributed by atoms with van der Waals surface area (Å²) in [5.74, 6) is 0. The molecule has 4 heteroatoms. The second kappa shape index (κ2) is 5.95. The molecule has 0 spiro atoms. The Morgan fingerprint density at radius 3 is 2.58 bits per heavy atom. The van der Waals surface area contributed by atoms with Gasteiger partial charge in [0.2, 0.25) is 0 Å². The monoisotopic (exact) mass is 170 g/mol. The summed E-state index contributed by atoms with van der Waals surface area (Å²) in [4.78, 5) is 0. The van der Waals surface area contributed by atoms with E-state index in [9.17, 15) is 0 Å². The molecule has 1 fully saturated rings. The van der Waals surface area contributed by atoms with Crippen molar-refractivity contribution in [3.05, 3.63) is 0 Å². The van der Waals surface area contributed by atoms with Gasteiger partial charge in [-0.15, -0.1) is 0 Å². The third kappa shape index (κ3) is 3.67. The molecular formula is C8H14N2O2. The minimum atomic E-state index is 0.251. The lowest BCUT2D eigenvalue weighted by atomic mass is 10.3. The summed E-state index contributed by atoms with van der Waals surface area (Å²) in [5, 5.41) is 11.5. The second-order valence-corrected chi connectivity index (χ2v) is 2.71. The molecule has 1 aliphatic heterocycles. The van der Waals surface area contributed by atoms with Crippen LogP contribution in [-0.4, -0.2) is 39.0 Å². The summed E-state index contributed by atoms with van der Waals surface area (Å²) < 4.78 is 10.5. The Bertz CT molecular complexity index is 148. The van der Waals surface area contributed by atoms with Crippen LogP contribution in [0.2, 0.25) is 0 Å². The molecule has 1 heterocycles. The SMILES string of the molecule is N#CCCNC1COCCOC1. The van der Waals surface area contributed by atoms with Crippen molar-refractivity contribution in [3.8, 4) is 6.07 Å². The van der Waals surface area contributed by atoms with Gasteiger partial charge in [-0.3, -0.25) is 0 Å². The Kier molecular flexibility index (Phi) is 4.69. The van der Waals surface area contributed by atoms with Crippen LogP contribution in [-0.2, 0) is 9.47 Å². The highest BCUT2D eigenvalue weighted by Crippen LogP contribution is 1.94. The average molecular weight is 170 g/mol. The van der Waals surface area contributed by atoms with E-state index in [1.807, 2.05) is 0 Å². The quantitative estimate of drug-likeness (QED) is 0.601. The lowest BCUT2D eigenvalue weighted by Crippen LogP contribution is -2.36. The van der Waals surface area contributed by atoms with Crippen molar-refractivity contribution >= 4 is 0 Å². The van der Waals surface area contributed by atoms with Crippen LogP contribution in [0.5, 0.6) is 0 Å². The summed E-state index contributed by atoms with van der Waals surface area (Å²) in [6, 6.07) is 2.33. The zero-order valence-corrected chi connectivity index (χ0v) is 7.08. The molecule has 1 saturated heterocycles. The van der Waals surface area contributed by atoms with Gasteiger partial charge in [-0.2, -0.15) is 5.26 Å². The molecular weight excluding hydrogens is 156 g/mol. The average Bonchev–Trinajstić information content (AvgIpc) is 2.33. The highest BCUT2D eigenvalue weighted by atomic mass is 16.5. The number of nitrogens with one attached hydrogen (secondary N) is 1. The zero-order chi connectivity index (χ0) is 8.65. The van der Waals surface area contributed by atoms with Gasteiger partial charge in [-0.1, -0.05) is 0 Å². The molecule has 0 aliphatic carbocycles. The van der Waals surface area contributed by atoms with Gasteiger partial charge in [0, 0.05) is 13.0 Å². The maximum atomic E-state index is 8.30. The number of nitrogens with zero attached hydrogens (tertiary/aromatic N) is 1. The Labute approximate surface area is 72.5 Å². The van der Waals surface area contributed by atoms with Gasteiger partial charge >= 0.3 is 0 Å². The number of rotatable bonds is 3. The van der Waals surface area contributed by atoms with Crippen molar-refractivity contribution in [1.29, 1.82) is 5.26 Å². The van der Waals surface area contributed by atoms with Crippen molar-refractivity contribution in [2.45, 2.75) is 12.5 Å². The summed E-state index contributed by atoms with van der Waals surface area (Å²) >= 11 is 0. The van der Waals surface area contributed by atoms with E-state index in [1.165, 1.54) is 0 Å². The van der Waals surface area contributed by atoms with Gasteiger partial charge < -0.3 is 14.8 Å². The maximum absolute atomic E-state index is 8.30. The third-order valence-electron chi connectivity index (χ3n) is 1.68. The van der Waals surface area contributed by atoms with Crippen LogP contribution in [0.15, 0.2) is 0 Å². The zero-order valence-electron chi connectivity index (χ0n) is 7.08. The molecule has 12 heavy (non-hydrogen) atoms. The minimum absolute atomic E-state index is 0.251. The Morgan fingerprint density at radius 2 is 2.00 bits per heavy atom. The summed E-state index contributed by atoms with van der Waals surface area (Å²) in [6.45, 7) is 3.44. The Hall–Kier alpha value is -0.630. The fourth-order valence-corrected chi connectivity index (χ4v) is 1.07. The molecule has 0 aromatic carbocycles. The highest BCUT2D eigenvalue weighted by molar-refractivity contribution is 4.74. The first kappa shape index (κ1) is 9.46. The van der Waals surface area contributed by atoms with Crippen LogP contribution in [0, 0.1) is 11.3 Å². The lowest BCUT2D eigenvalue weighted by Gasteiger charge is -2.13. The molecule has 0 unspecified atom stereocenters. The first-order chi connectivity index (χ1) is 5.93. The number of nitriles is 1. The van der Waals surface area contributed by atoms with E-state index in [0.29, 0.717) is 39.4 Å². The van der Waals surface area contributed by atoms with E-state index in [2.05, 4.69) is 11.4 Å². The maximum Gasteiger partial charge on any atom is 0.0701 e. The number of hydrogen-bond acceptors (Lipinski definition) is 4. The molecule has 1 aliphatic rings. The van der Waals surface area contributed by atoms with Crippen LogP contribution in [0.3, 0.4) is 0 Å². The standard InChI is InChI=1S/C8H14N2O2/c9-2-1-3-10-8-6-11-4-5-12-7-8/h8,10H,1,3-7H2. The van der Waals surface area contributed by atoms with Crippen LogP contribution in [0.1, 0.15) is 6.42 Å². The van der Waals surface area contributed by atoms with Crippen molar-refractivity contribution < 1.29 is 9.47 Å². The van der Waals surface area contributed by atoms with Gasteiger partial charge in [0.15, 0.2) is 0 Å². The van der Waals surface area contributed by atoms with Crippen LogP contribution in [0.25, 0.3) is 0 Å². The van der Waals surface area contributed by atoms with Crippen molar-refractivity contribution in [2.75, 3.05) is 33.0 Å². The molecule has 0 atom stereocenters. The number of hydrogen-bond donors (Lipinski definition) is 1. The fraction of sp³-hybridized carbons (Fsp3) is 0.875. The van der Waals surface area contributed by atoms with Gasteiger partial charge in [-0.05, 0) is 0 Å². The Morgan fingerprint density at radius 1 is 1.33 bits per heavy atom. The topological polar surface area (TPSA) is 54.3 Å².